The van der Waals surface area contributed by atoms with Crippen molar-refractivity contribution in [3.05, 3.63) is 47.9 Å². The number of nitriles is 2. The fourth-order valence-electron chi connectivity index (χ4n) is 2.95. The van der Waals surface area contributed by atoms with E-state index in [0.29, 0.717) is 34.9 Å². The van der Waals surface area contributed by atoms with Crippen LogP contribution in [-0.2, 0) is 11.9 Å². The van der Waals surface area contributed by atoms with Gasteiger partial charge in [-0.1, -0.05) is 0 Å². The highest BCUT2D eigenvalue weighted by Crippen LogP contribution is 2.33. The van der Waals surface area contributed by atoms with Crippen LogP contribution in [0.5, 0.6) is 0 Å². The fraction of sp³-hybridized carbons (Fsp3) is 0.238. The van der Waals surface area contributed by atoms with Crippen LogP contribution in [0.15, 0.2) is 36.7 Å². The van der Waals surface area contributed by atoms with Crippen molar-refractivity contribution in [3.63, 3.8) is 0 Å². The number of nitrogens with one attached hydrogen (secondary N) is 1. The Balaban J connectivity index is 2.20. The fourth-order valence-corrected chi connectivity index (χ4v) is 2.95. The highest BCUT2D eigenvalue weighted by molar-refractivity contribution is 5.94. The summed E-state index contributed by atoms with van der Waals surface area (Å²) in [7, 11) is 4.69. The van der Waals surface area contributed by atoms with E-state index in [4.69, 9.17) is 10.1 Å². The molecule has 0 saturated carbocycles. The minimum atomic E-state index is -0.440. The van der Waals surface area contributed by atoms with Crippen molar-refractivity contribution in [3.8, 4) is 34.7 Å². The van der Waals surface area contributed by atoms with Gasteiger partial charge in [-0.05, 0) is 41.5 Å². The summed E-state index contributed by atoms with van der Waals surface area (Å²) in [6.45, 7) is 0.370. The molecule has 0 bridgehead atoms. The summed E-state index contributed by atoms with van der Waals surface area (Å²) in [6, 6.07) is 12.8. The van der Waals surface area contributed by atoms with Gasteiger partial charge in [0.15, 0.2) is 5.82 Å². The Bertz CT molecular complexity index is 1190. The molecule has 31 heavy (non-hydrogen) atoms. The van der Waals surface area contributed by atoms with Crippen LogP contribution >= 0.6 is 0 Å². The first kappa shape index (κ1) is 21.4. The van der Waals surface area contributed by atoms with Crippen LogP contribution in [-0.4, -0.2) is 51.4 Å². The molecule has 0 saturated heterocycles. The summed E-state index contributed by atoms with van der Waals surface area (Å²) < 4.78 is 1.77. The topological polar surface area (TPSA) is 133 Å². The second-order valence-electron chi connectivity index (χ2n) is 6.58. The van der Waals surface area contributed by atoms with E-state index in [2.05, 4.69) is 32.6 Å². The van der Waals surface area contributed by atoms with E-state index in [1.807, 2.05) is 7.05 Å². The minimum absolute atomic E-state index is 0.146. The molecule has 0 fully saturated rings. The zero-order chi connectivity index (χ0) is 22.4. The molecule has 0 spiro atoms. The van der Waals surface area contributed by atoms with Gasteiger partial charge in [-0.3, -0.25) is 9.63 Å². The molecular formula is C21H20N8O2. The van der Waals surface area contributed by atoms with Gasteiger partial charge in [0.2, 0.25) is 0 Å². The van der Waals surface area contributed by atoms with E-state index >= 15 is 0 Å². The van der Waals surface area contributed by atoms with Crippen molar-refractivity contribution >= 4 is 11.7 Å². The number of carbonyl (C=O) groups is 1. The maximum Gasteiger partial charge on any atom is 0.295 e. The molecule has 0 radical (unpaired) electrons. The smallest absolute Gasteiger partial charge is 0.295 e. The molecule has 1 amide bonds. The third-order valence-corrected chi connectivity index (χ3v) is 4.56. The summed E-state index contributed by atoms with van der Waals surface area (Å²) in [6.07, 6.45) is 1.86. The summed E-state index contributed by atoms with van der Waals surface area (Å²) in [4.78, 5) is 22.1. The van der Waals surface area contributed by atoms with Crippen LogP contribution < -0.4 is 5.32 Å². The first-order valence-electron chi connectivity index (χ1n) is 9.32. The number of hydrogen-bond donors (Lipinski definition) is 1. The monoisotopic (exact) mass is 416 g/mol. The molecule has 2 heterocycles. The van der Waals surface area contributed by atoms with Gasteiger partial charge in [0.05, 0.1) is 31.2 Å². The van der Waals surface area contributed by atoms with Crippen LogP contribution in [0.2, 0.25) is 0 Å². The second-order valence-corrected chi connectivity index (χ2v) is 6.58. The molecule has 3 aromatic rings. The Labute approximate surface area is 179 Å². The maximum absolute atomic E-state index is 12.7. The Morgan fingerprint density at radius 3 is 2.71 bits per heavy atom. The lowest BCUT2D eigenvalue weighted by atomic mass is 9.96. The van der Waals surface area contributed by atoms with Gasteiger partial charge in [-0.15, -0.1) is 10.2 Å². The van der Waals surface area contributed by atoms with Crippen molar-refractivity contribution in [1.82, 2.24) is 24.8 Å². The zero-order valence-corrected chi connectivity index (χ0v) is 17.3. The Kier molecular flexibility index (Phi) is 6.55. The largest absolute Gasteiger partial charge is 0.369 e. The average Bonchev–Trinajstić information content (AvgIpc) is 3.23. The predicted octanol–water partition coefficient (Wildman–Crippen LogP) is 2.37. The minimum Gasteiger partial charge on any atom is -0.369 e. The Morgan fingerprint density at radius 2 is 2.06 bits per heavy atom. The Morgan fingerprint density at radius 1 is 1.26 bits per heavy atom. The molecule has 0 aliphatic heterocycles. The molecule has 0 aliphatic carbocycles. The van der Waals surface area contributed by atoms with Crippen molar-refractivity contribution in [1.29, 1.82) is 10.5 Å². The van der Waals surface area contributed by atoms with E-state index in [1.165, 1.54) is 14.2 Å². The third kappa shape index (κ3) is 4.66. The van der Waals surface area contributed by atoms with Crippen molar-refractivity contribution in [2.24, 2.45) is 7.05 Å². The van der Waals surface area contributed by atoms with Crippen LogP contribution in [0, 0.1) is 22.7 Å². The molecule has 1 N–H and O–H groups in total. The summed E-state index contributed by atoms with van der Waals surface area (Å²) in [5, 5.41) is 30.5. The number of carbonyl (C=O) groups excluding carboxylic acids is 1. The summed E-state index contributed by atoms with van der Waals surface area (Å²) >= 11 is 0. The first-order chi connectivity index (χ1) is 15.0. The van der Waals surface area contributed by atoms with Crippen LogP contribution in [0.4, 0.5) is 5.82 Å². The molecule has 0 atom stereocenters. The van der Waals surface area contributed by atoms with Crippen LogP contribution in [0.25, 0.3) is 22.5 Å². The van der Waals surface area contributed by atoms with Crippen molar-refractivity contribution in [2.45, 2.75) is 6.42 Å². The molecule has 0 aliphatic rings. The highest BCUT2D eigenvalue weighted by atomic mass is 16.7. The van der Waals surface area contributed by atoms with Crippen LogP contribution in [0.3, 0.4) is 0 Å². The lowest BCUT2D eigenvalue weighted by Gasteiger charge is -2.16. The van der Waals surface area contributed by atoms with Crippen LogP contribution in [0.1, 0.15) is 22.5 Å². The number of pyridine rings is 1. The number of aromatic nitrogens is 4. The Hall–Kier alpha value is -4.28. The normalized spacial score (nSPS) is 10.2. The number of rotatable bonds is 7. The molecule has 156 valence electrons. The average molecular weight is 416 g/mol. The second kappa shape index (κ2) is 9.48. The number of anilines is 1. The van der Waals surface area contributed by atoms with E-state index in [-0.39, 0.29) is 12.1 Å². The van der Waals surface area contributed by atoms with E-state index < -0.39 is 5.91 Å². The molecule has 2 aromatic heterocycles. The number of benzene rings is 1. The van der Waals surface area contributed by atoms with Gasteiger partial charge in [-0.25, -0.2) is 10.0 Å². The van der Waals surface area contributed by atoms with Gasteiger partial charge >= 0.3 is 0 Å². The van der Waals surface area contributed by atoms with E-state index in [9.17, 15) is 10.1 Å². The SMILES string of the molecule is CON(C)C(=O)c1cc(-c2cc(C#N)ccc2-c2nncn2C)cc(NCCC#N)n1. The molecule has 0 unspecified atom stereocenters. The maximum atomic E-state index is 12.7. The van der Waals surface area contributed by atoms with Gasteiger partial charge in [0.1, 0.15) is 17.8 Å². The van der Waals surface area contributed by atoms with Gasteiger partial charge in [0.25, 0.3) is 5.91 Å². The summed E-state index contributed by atoms with van der Waals surface area (Å²) in [5.41, 5.74) is 2.69. The lowest BCUT2D eigenvalue weighted by Crippen LogP contribution is -2.26. The lowest BCUT2D eigenvalue weighted by molar-refractivity contribution is -0.0760. The molecule has 1 aromatic carbocycles. The molecule has 10 nitrogen and oxygen atoms in total. The number of hydrogen-bond acceptors (Lipinski definition) is 8. The number of nitrogens with zero attached hydrogens (tertiary/aromatic N) is 7. The summed E-state index contributed by atoms with van der Waals surface area (Å²) in [5.74, 6) is 0.591. The standard InChI is InChI=1S/C21H20N8O2/c1-28-13-25-27-20(28)16-6-5-14(12-23)9-17(16)15-10-18(21(30)29(2)31-3)26-19(11-15)24-8-4-7-22/h5-6,9-11,13H,4,8H2,1-3H3,(H,24,26). The van der Waals surface area contributed by atoms with Gasteiger partial charge in [0, 0.05) is 26.2 Å². The van der Waals surface area contributed by atoms with Crippen molar-refractivity contribution in [2.75, 3.05) is 26.0 Å². The van der Waals surface area contributed by atoms with E-state index in [1.54, 1.807) is 41.2 Å². The molecular weight excluding hydrogens is 396 g/mol. The molecule has 10 heteroatoms. The van der Waals surface area contributed by atoms with Crippen molar-refractivity contribution < 1.29 is 9.63 Å². The number of amides is 1. The number of hydroxylamine groups is 2. The third-order valence-electron chi connectivity index (χ3n) is 4.56. The quantitative estimate of drug-likeness (QED) is 0.458. The van der Waals surface area contributed by atoms with Gasteiger partial charge in [-0.2, -0.15) is 10.5 Å². The number of aryl methyl sites for hydroxylation is 1. The zero-order valence-electron chi connectivity index (χ0n) is 17.3. The van der Waals surface area contributed by atoms with Gasteiger partial charge < -0.3 is 9.88 Å². The molecule has 3 rings (SSSR count). The first-order valence-corrected chi connectivity index (χ1v) is 9.32. The van der Waals surface area contributed by atoms with E-state index in [0.717, 1.165) is 10.6 Å². The highest BCUT2D eigenvalue weighted by Gasteiger charge is 2.19. The predicted molar refractivity (Wildman–Crippen MR) is 112 cm³/mol.